The van der Waals surface area contributed by atoms with Crippen molar-refractivity contribution in [2.75, 3.05) is 21.1 Å². The molecule has 0 radical (unpaired) electrons. The van der Waals surface area contributed by atoms with Crippen molar-refractivity contribution in [2.45, 2.75) is 30.6 Å². The fraction of sp³-hybridized carbons (Fsp3) is 0.571. The number of carbonyl (C=O) groups excluding carboxylic acids is 2. The standard InChI is InChI=1S/C14H17BrN4O2/c1-16-8-6-9-12(11(8)18(3)14(16)21)17(2)13(20)7-4-5-10(15)19(7)9/h4-5,8-9,11-12H,6H2,1-3H3/t8-,9-,11-,12-/m1/s1. The summed E-state index contributed by atoms with van der Waals surface area (Å²) in [5, 5.41) is 0. The van der Waals surface area contributed by atoms with E-state index in [1.165, 1.54) is 0 Å². The van der Waals surface area contributed by atoms with Gasteiger partial charge in [-0.15, -0.1) is 0 Å². The van der Waals surface area contributed by atoms with Crippen LogP contribution in [0.2, 0.25) is 0 Å². The van der Waals surface area contributed by atoms with Crippen molar-refractivity contribution in [3.63, 3.8) is 0 Å². The van der Waals surface area contributed by atoms with Gasteiger partial charge in [0.05, 0.1) is 28.8 Å². The highest BCUT2D eigenvalue weighted by atomic mass is 79.9. The van der Waals surface area contributed by atoms with Crippen LogP contribution in [0.5, 0.6) is 0 Å². The summed E-state index contributed by atoms with van der Waals surface area (Å²) in [6.45, 7) is 0. The molecule has 1 saturated carbocycles. The molecule has 0 spiro atoms. The maximum Gasteiger partial charge on any atom is 0.320 e. The summed E-state index contributed by atoms with van der Waals surface area (Å²) in [5.41, 5.74) is 0.724. The number of urea groups is 1. The number of carbonyl (C=O) groups is 2. The molecule has 0 unspecified atom stereocenters. The van der Waals surface area contributed by atoms with Crippen LogP contribution in [-0.4, -0.2) is 70.5 Å². The van der Waals surface area contributed by atoms with Gasteiger partial charge in [0.15, 0.2) is 0 Å². The first-order valence-electron chi connectivity index (χ1n) is 7.07. The monoisotopic (exact) mass is 352 g/mol. The Morgan fingerprint density at radius 2 is 1.67 bits per heavy atom. The van der Waals surface area contributed by atoms with Crippen molar-refractivity contribution in [3.8, 4) is 0 Å². The van der Waals surface area contributed by atoms with E-state index in [-0.39, 0.29) is 36.1 Å². The van der Waals surface area contributed by atoms with Crippen molar-refractivity contribution in [1.82, 2.24) is 19.3 Å². The molecule has 0 bridgehead atoms. The summed E-state index contributed by atoms with van der Waals surface area (Å²) in [6, 6.07) is 4.29. The summed E-state index contributed by atoms with van der Waals surface area (Å²) in [7, 11) is 5.54. The lowest BCUT2D eigenvalue weighted by molar-refractivity contribution is 0.0548. The first-order valence-corrected chi connectivity index (χ1v) is 7.86. The second-order valence-electron chi connectivity index (χ2n) is 6.18. The molecule has 2 aliphatic heterocycles. The van der Waals surface area contributed by atoms with E-state index in [0.29, 0.717) is 0 Å². The zero-order chi connectivity index (χ0) is 15.0. The van der Waals surface area contributed by atoms with E-state index in [0.717, 1.165) is 16.7 Å². The van der Waals surface area contributed by atoms with Crippen LogP contribution in [0, 0.1) is 0 Å². The third-order valence-corrected chi connectivity index (χ3v) is 6.00. The molecule has 4 rings (SSSR count). The lowest BCUT2D eigenvalue weighted by Crippen LogP contribution is -2.54. The van der Waals surface area contributed by atoms with E-state index >= 15 is 0 Å². The summed E-state index contributed by atoms with van der Waals surface area (Å²) in [6.07, 6.45) is 0.875. The van der Waals surface area contributed by atoms with Crippen LogP contribution in [0.1, 0.15) is 23.0 Å². The van der Waals surface area contributed by atoms with Gasteiger partial charge in [0, 0.05) is 21.1 Å². The number of hydrogen-bond acceptors (Lipinski definition) is 2. The van der Waals surface area contributed by atoms with E-state index in [4.69, 9.17) is 0 Å². The lowest BCUT2D eigenvalue weighted by atomic mass is 10.0. The third-order valence-electron chi connectivity index (χ3n) is 5.36. The smallest absolute Gasteiger partial charge is 0.320 e. The van der Waals surface area contributed by atoms with E-state index in [9.17, 15) is 9.59 Å². The number of aromatic nitrogens is 1. The highest BCUT2D eigenvalue weighted by Crippen LogP contribution is 2.46. The van der Waals surface area contributed by atoms with E-state index in [1.807, 2.05) is 43.1 Å². The Morgan fingerprint density at radius 3 is 2.38 bits per heavy atom. The largest absolute Gasteiger partial charge is 0.333 e. The van der Waals surface area contributed by atoms with Crippen LogP contribution in [0.3, 0.4) is 0 Å². The van der Waals surface area contributed by atoms with Gasteiger partial charge < -0.3 is 19.3 Å². The maximum absolute atomic E-state index is 12.6. The van der Waals surface area contributed by atoms with Gasteiger partial charge in [-0.25, -0.2) is 4.79 Å². The van der Waals surface area contributed by atoms with Gasteiger partial charge in [0.1, 0.15) is 5.69 Å². The van der Waals surface area contributed by atoms with Gasteiger partial charge in [-0.05, 0) is 34.5 Å². The number of amides is 3. The lowest BCUT2D eigenvalue weighted by Gasteiger charge is -2.40. The average Bonchev–Trinajstić information content (AvgIpc) is 3.08. The normalized spacial score (nSPS) is 34.4. The zero-order valence-electron chi connectivity index (χ0n) is 12.2. The van der Waals surface area contributed by atoms with Gasteiger partial charge in [-0.3, -0.25) is 4.79 Å². The predicted octanol–water partition coefficient (Wildman–Crippen LogP) is 1.38. The van der Waals surface area contributed by atoms with E-state index in [1.54, 1.807) is 4.90 Å². The molecule has 3 aliphatic rings. The number of likely N-dealkylation sites (N-methyl/N-ethyl adjacent to an activating group) is 3. The highest BCUT2D eigenvalue weighted by molar-refractivity contribution is 9.10. The molecule has 1 aromatic heterocycles. The molecule has 6 nitrogen and oxygen atoms in total. The fourth-order valence-corrected chi connectivity index (χ4v) is 4.96. The average molecular weight is 353 g/mol. The van der Waals surface area contributed by atoms with Crippen LogP contribution >= 0.6 is 15.9 Å². The Kier molecular flexibility index (Phi) is 2.53. The number of halogens is 1. The molecule has 0 N–H and O–H groups in total. The van der Waals surface area contributed by atoms with Gasteiger partial charge in [-0.1, -0.05) is 0 Å². The minimum absolute atomic E-state index is 0.0256. The number of nitrogens with zero attached hydrogens (tertiary/aromatic N) is 4. The molecular formula is C14H17BrN4O2. The summed E-state index contributed by atoms with van der Waals surface area (Å²) >= 11 is 3.56. The molecule has 0 aromatic carbocycles. The fourth-order valence-electron chi connectivity index (χ4n) is 4.37. The predicted molar refractivity (Wildman–Crippen MR) is 80.2 cm³/mol. The maximum atomic E-state index is 12.6. The molecular weight excluding hydrogens is 336 g/mol. The quantitative estimate of drug-likeness (QED) is 0.708. The SMILES string of the molecule is CN1C(=O)N(C)[C@@H]2C[C@@H]3[C@H]([C@@H]21)N(C)C(=O)c1ccc(Br)n13. The van der Waals surface area contributed by atoms with Crippen LogP contribution < -0.4 is 0 Å². The Balaban J connectivity index is 1.85. The van der Waals surface area contributed by atoms with Crippen molar-refractivity contribution in [1.29, 1.82) is 0 Å². The zero-order valence-corrected chi connectivity index (χ0v) is 13.7. The molecule has 21 heavy (non-hydrogen) atoms. The van der Waals surface area contributed by atoms with Crippen molar-refractivity contribution in [3.05, 3.63) is 22.4 Å². The molecule has 2 fully saturated rings. The molecule has 1 aromatic rings. The number of rotatable bonds is 0. The minimum atomic E-state index is 0.0256. The molecule has 112 valence electrons. The molecule has 1 saturated heterocycles. The van der Waals surface area contributed by atoms with Gasteiger partial charge in [0.2, 0.25) is 0 Å². The topological polar surface area (TPSA) is 48.8 Å². The van der Waals surface area contributed by atoms with E-state index in [2.05, 4.69) is 20.5 Å². The molecule has 1 aliphatic carbocycles. The number of fused-ring (bicyclic) bond motifs is 5. The Bertz CT molecular complexity index is 657. The van der Waals surface area contributed by atoms with Gasteiger partial charge in [-0.2, -0.15) is 0 Å². The van der Waals surface area contributed by atoms with Crippen LogP contribution in [-0.2, 0) is 0 Å². The Morgan fingerprint density at radius 1 is 1.00 bits per heavy atom. The van der Waals surface area contributed by atoms with Crippen LogP contribution in [0.25, 0.3) is 0 Å². The Hall–Kier alpha value is -1.50. The van der Waals surface area contributed by atoms with Gasteiger partial charge in [0.25, 0.3) is 5.91 Å². The van der Waals surface area contributed by atoms with Crippen molar-refractivity contribution in [2.24, 2.45) is 0 Å². The first kappa shape index (κ1) is 13.2. The van der Waals surface area contributed by atoms with Crippen molar-refractivity contribution < 1.29 is 9.59 Å². The highest BCUT2D eigenvalue weighted by Gasteiger charge is 2.58. The van der Waals surface area contributed by atoms with E-state index < -0.39 is 0 Å². The second kappa shape index (κ2) is 4.03. The van der Waals surface area contributed by atoms with Crippen LogP contribution in [0.4, 0.5) is 4.79 Å². The molecule has 4 atom stereocenters. The van der Waals surface area contributed by atoms with Gasteiger partial charge >= 0.3 is 6.03 Å². The first-order chi connectivity index (χ1) is 9.93. The summed E-state index contributed by atoms with van der Waals surface area (Å²) < 4.78 is 3.03. The Labute approximate surface area is 131 Å². The summed E-state index contributed by atoms with van der Waals surface area (Å²) in [4.78, 5) is 30.2. The third kappa shape index (κ3) is 1.42. The molecule has 7 heteroatoms. The minimum Gasteiger partial charge on any atom is -0.333 e. The van der Waals surface area contributed by atoms with Crippen LogP contribution in [0.15, 0.2) is 16.7 Å². The molecule has 3 amide bonds. The number of hydrogen-bond donors (Lipinski definition) is 0. The second-order valence-corrected chi connectivity index (χ2v) is 7.00. The van der Waals surface area contributed by atoms with Crippen molar-refractivity contribution >= 4 is 27.9 Å². The molecule has 3 heterocycles. The summed E-state index contributed by atoms with van der Waals surface area (Å²) in [5.74, 6) is 0.0259.